The van der Waals surface area contributed by atoms with Gasteiger partial charge in [0.25, 0.3) is 0 Å². The fourth-order valence-corrected chi connectivity index (χ4v) is 3.46. The highest BCUT2D eigenvalue weighted by molar-refractivity contribution is 5.53. The molecule has 7 nitrogen and oxygen atoms in total. The van der Waals surface area contributed by atoms with E-state index in [1.54, 1.807) is 12.4 Å². The maximum Gasteiger partial charge on any atom is 0.225 e. The van der Waals surface area contributed by atoms with Crippen LogP contribution in [-0.4, -0.2) is 42.6 Å². The van der Waals surface area contributed by atoms with Gasteiger partial charge in [0.05, 0.1) is 23.8 Å². The standard InChI is InChI=1S/C19H23N7/c1-14-23-13-18(25(14)2)17-12-20-11-16(24-17)10-15-4-8-26(9-5-15)19-21-6-3-7-22-19/h3,6-7,11-13,15H,4-5,8-10H2,1-2H3. The summed E-state index contributed by atoms with van der Waals surface area (Å²) in [5.41, 5.74) is 2.95. The number of rotatable bonds is 4. The van der Waals surface area contributed by atoms with Crippen molar-refractivity contribution in [2.45, 2.75) is 26.2 Å². The summed E-state index contributed by atoms with van der Waals surface area (Å²) in [7, 11) is 2.01. The molecule has 0 unspecified atom stereocenters. The molecule has 26 heavy (non-hydrogen) atoms. The van der Waals surface area contributed by atoms with Crippen molar-refractivity contribution in [2.24, 2.45) is 13.0 Å². The molecule has 4 rings (SSSR count). The number of nitrogens with zero attached hydrogens (tertiary/aromatic N) is 7. The first-order valence-corrected chi connectivity index (χ1v) is 9.02. The Kier molecular flexibility index (Phi) is 4.60. The number of imidazole rings is 1. The topological polar surface area (TPSA) is 72.6 Å². The molecule has 0 radical (unpaired) electrons. The van der Waals surface area contributed by atoms with Crippen LogP contribution in [0.3, 0.4) is 0 Å². The third-order valence-corrected chi connectivity index (χ3v) is 5.11. The Balaban J connectivity index is 1.41. The lowest BCUT2D eigenvalue weighted by molar-refractivity contribution is 0.397. The first kappa shape index (κ1) is 16.6. The number of anilines is 1. The number of aromatic nitrogens is 6. The monoisotopic (exact) mass is 349 g/mol. The minimum atomic E-state index is 0.618. The molecule has 1 fully saturated rings. The SMILES string of the molecule is Cc1ncc(-c2cncc(CC3CCN(c4ncccn4)CC3)n2)n1C. The zero-order valence-corrected chi connectivity index (χ0v) is 15.2. The van der Waals surface area contributed by atoms with E-state index < -0.39 is 0 Å². The predicted octanol–water partition coefficient (Wildman–Crippen LogP) is 2.43. The second kappa shape index (κ2) is 7.19. The summed E-state index contributed by atoms with van der Waals surface area (Å²) >= 11 is 0. The van der Waals surface area contributed by atoms with Gasteiger partial charge in [-0.3, -0.25) is 4.98 Å². The van der Waals surface area contributed by atoms with Crippen molar-refractivity contribution in [2.75, 3.05) is 18.0 Å². The van der Waals surface area contributed by atoms with Crippen LogP contribution in [0.2, 0.25) is 0 Å². The van der Waals surface area contributed by atoms with Gasteiger partial charge in [0.1, 0.15) is 11.5 Å². The Hall–Kier alpha value is -2.83. The van der Waals surface area contributed by atoms with Gasteiger partial charge in [-0.1, -0.05) is 0 Å². The molecule has 1 aliphatic rings. The molecule has 3 aromatic heterocycles. The van der Waals surface area contributed by atoms with Gasteiger partial charge in [-0.25, -0.2) is 19.9 Å². The molecule has 1 aliphatic heterocycles. The minimum absolute atomic E-state index is 0.618. The molecule has 0 saturated carbocycles. The van der Waals surface area contributed by atoms with E-state index in [9.17, 15) is 0 Å². The van der Waals surface area contributed by atoms with E-state index >= 15 is 0 Å². The molecule has 0 bridgehead atoms. The lowest BCUT2D eigenvalue weighted by Crippen LogP contribution is -2.35. The third-order valence-electron chi connectivity index (χ3n) is 5.11. The largest absolute Gasteiger partial charge is 0.341 e. The zero-order valence-electron chi connectivity index (χ0n) is 15.2. The van der Waals surface area contributed by atoms with Gasteiger partial charge in [0.15, 0.2) is 0 Å². The van der Waals surface area contributed by atoms with Crippen molar-refractivity contribution in [3.05, 3.63) is 48.6 Å². The molecule has 3 aromatic rings. The minimum Gasteiger partial charge on any atom is -0.341 e. The van der Waals surface area contributed by atoms with Crippen LogP contribution in [0.5, 0.6) is 0 Å². The summed E-state index contributed by atoms with van der Waals surface area (Å²) in [6, 6.07) is 1.85. The van der Waals surface area contributed by atoms with Crippen LogP contribution in [0.4, 0.5) is 5.95 Å². The lowest BCUT2D eigenvalue weighted by atomic mass is 9.92. The van der Waals surface area contributed by atoms with Crippen LogP contribution in [-0.2, 0) is 13.5 Å². The van der Waals surface area contributed by atoms with Crippen LogP contribution in [0, 0.1) is 12.8 Å². The van der Waals surface area contributed by atoms with E-state index in [1.807, 2.05) is 43.2 Å². The van der Waals surface area contributed by atoms with E-state index in [2.05, 4.69) is 24.8 Å². The van der Waals surface area contributed by atoms with Crippen LogP contribution >= 0.6 is 0 Å². The molecule has 0 aromatic carbocycles. The first-order chi connectivity index (χ1) is 12.7. The summed E-state index contributed by atoms with van der Waals surface area (Å²) in [6.07, 6.45) is 12.4. The molecule has 1 saturated heterocycles. The highest BCUT2D eigenvalue weighted by Crippen LogP contribution is 2.24. The predicted molar refractivity (Wildman–Crippen MR) is 99.6 cm³/mol. The van der Waals surface area contributed by atoms with E-state index in [0.717, 1.165) is 61.2 Å². The number of piperidine rings is 1. The fourth-order valence-electron chi connectivity index (χ4n) is 3.46. The van der Waals surface area contributed by atoms with E-state index in [0.29, 0.717) is 5.92 Å². The van der Waals surface area contributed by atoms with Gasteiger partial charge in [0, 0.05) is 38.7 Å². The molecule has 0 aliphatic carbocycles. The Morgan fingerprint density at radius 1 is 1.04 bits per heavy atom. The number of aryl methyl sites for hydroxylation is 1. The Morgan fingerprint density at radius 2 is 1.81 bits per heavy atom. The summed E-state index contributed by atoms with van der Waals surface area (Å²) in [6.45, 7) is 3.97. The van der Waals surface area contributed by atoms with Crippen molar-refractivity contribution in [3.63, 3.8) is 0 Å². The van der Waals surface area contributed by atoms with Crippen LogP contribution in [0.25, 0.3) is 11.4 Å². The molecular weight excluding hydrogens is 326 g/mol. The maximum absolute atomic E-state index is 4.83. The van der Waals surface area contributed by atoms with Crippen molar-refractivity contribution >= 4 is 5.95 Å². The maximum atomic E-state index is 4.83. The Bertz CT molecular complexity index is 867. The fraction of sp³-hybridized carbons (Fsp3) is 0.421. The van der Waals surface area contributed by atoms with Crippen molar-refractivity contribution in [1.82, 2.24) is 29.5 Å². The zero-order chi connectivity index (χ0) is 17.9. The van der Waals surface area contributed by atoms with E-state index in [-0.39, 0.29) is 0 Å². The Labute approximate surface area is 153 Å². The average molecular weight is 349 g/mol. The van der Waals surface area contributed by atoms with Crippen LogP contribution in [0.1, 0.15) is 24.4 Å². The molecule has 0 amide bonds. The van der Waals surface area contributed by atoms with E-state index in [4.69, 9.17) is 4.98 Å². The van der Waals surface area contributed by atoms with Gasteiger partial charge in [-0.15, -0.1) is 0 Å². The van der Waals surface area contributed by atoms with Gasteiger partial charge in [-0.05, 0) is 38.2 Å². The molecule has 4 heterocycles. The summed E-state index contributed by atoms with van der Waals surface area (Å²) in [5, 5.41) is 0. The summed E-state index contributed by atoms with van der Waals surface area (Å²) < 4.78 is 2.05. The van der Waals surface area contributed by atoms with Crippen molar-refractivity contribution in [1.29, 1.82) is 0 Å². The normalized spacial score (nSPS) is 15.4. The smallest absolute Gasteiger partial charge is 0.225 e. The van der Waals surface area contributed by atoms with E-state index in [1.165, 1.54) is 0 Å². The van der Waals surface area contributed by atoms with Gasteiger partial charge >= 0.3 is 0 Å². The molecule has 0 N–H and O–H groups in total. The molecule has 0 atom stereocenters. The lowest BCUT2D eigenvalue weighted by Gasteiger charge is -2.31. The molecule has 7 heteroatoms. The Morgan fingerprint density at radius 3 is 2.50 bits per heavy atom. The van der Waals surface area contributed by atoms with Crippen LogP contribution in [0.15, 0.2) is 37.1 Å². The molecule has 0 spiro atoms. The number of hydrogen-bond acceptors (Lipinski definition) is 6. The van der Waals surface area contributed by atoms with Crippen molar-refractivity contribution in [3.8, 4) is 11.4 Å². The van der Waals surface area contributed by atoms with Gasteiger partial charge in [0.2, 0.25) is 5.95 Å². The second-order valence-electron chi connectivity index (χ2n) is 6.83. The molecular formula is C19H23N7. The molecule has 134 valence electrons. The highest BCUT2D eigenvalue weighted by Gasteiger charge is 2.21. The van der Waals surface area contributed by atoms with Crippen molar-refractivity contribution < 1.29 is 0 Å². The van der Waals surface area contributed by atoms with Gasteiger partial charge < -0.3 is 9.47 Å². The average Bonchev–Trinajstić information content (AvgIpc) is 3.02. The summed E-state index contributed by atoms with van der Waals surface area (Å²) in [5.74, 6) is 2.43. The number of hydrogen-bond donors (Lipinski definition) is 0. The first-order valence-electron chi connectivity index (χ1n) is 9.02. The van der Waals surface area contributed by atoms with Crippen LogP contribution < -0.4 is 4.90 Å². The van der Waals surface area contributed by atoms with Gasteiger partial charge in [-0.2, -0.15) is 0 Å². The second-order valence-corrected chi connectivity index (χ2v) is 6.83. The quantitative estimate of drug-likeness (QED) is 0.720. The third kappa shape index (κ3) is 3.42. The summed E-state index contributed by atoms with van der Waals surface area (Å²) in [4.78, 5) is 24.5. The highest BCUT2D eigenvalue weighted by atomic mass is 15.2.